The van der Waals surface area contributed by atoms with Crippen LogP contribution in [0.25, 0.3) is 0 Å². The number of carbonyl (C=O) groups excluding carboxylic acids is 1. The van der Waals surface area contributed by atoms with E-state index in [0.29, 0.717) is 17.9 Å². The monoisotopic (exact) mass is 295 g/mol. The Bertz CT molecular complexity index is 465. The SMILES string of the molecule is CCN(C)CCNC(=O)COc1ccccc1C(N)=S. The number of benzene rings is 1. The Hall–Kier alpha value is -1.66. The predicted octanol–water partition coefficient (Wildman–Crippen LogP) is 0.768. The number of nitrogens with one attached hydrogen (secondary N) is 1. The van der Waals surface area contributed by atoms with Crippen molar-refractivity contribution in [2.24, 2.45) is 5.73 Å². The van der Waals surface area contributed by atoms with Gasteiger partial charge in [0.1, 0.15) is 10.7 Å². The highest BCUT2D eigenvalue weighted by atomic mass is 32.1. The van der Waals surface area contributed by atoms with E-state index in [-0.39, 0.29) is 17.5 Å². The van der Waals surface area contributed by atoms with E-state index in [1.54, 1.807) is 12.1 Å². The van der Waals surface area contributed by atoms with Gasteiger partial charge in [0.05, 0.1) is 5.56 Å². The second-order valence-corrected chi connectivity index (χ2v) is 4.83. The van der Waals surface area contributed by atoms with E-state index in [1.807, 2.05) is 19.2 Å². The lowest BCUT2D eigenvalue weighted by atomic mass is 10.2. The van der Waals surface area contributed by atoms with Gasteiger partial charge in [-0.3, -0.25) is 4.79 Å². The van der Waals surface area contributed by atoms with Crippen molar-refractivity contribution >= 4 is 23.1 Å². The van der Waals surface area contributed by atoms with Crippen LogP contribution >= 0.6 is 12.2 Å². The summed E-state index contributed by atoms with van der Waals surface area (Å²) < 4.78 is 5.45. The number of hydrogen-bond donors (Lipinski definition) is 2. The van der Waals surface area contributed by atoms with Gasteiger partial charge < -0.3 is 20.7 Å². The van der Waals surface area contributed by atoms with Gasteiger partial charge in [0.2, 0.25) is 0 Å². The van der Waals surface area contributed by atoms with Crippen LogP contribution in [0.4, 0.5) is 0 Å². The largest absolute Gasteiger partial charge is 0.483 e. The van der Waals surface area contributed by atoms with Gasteiger partial charge in [-0.25, -0.2) is 0 Å². The van der Waals surface area contributed by atoms with E-state index < -0.39 is 0 Å². The topological polar surface area (TPSA) is 67.6 Å². The summed E-state index contributed by atoms with van der Waals surface area (Å²) in [7, 11) is 2.00. The number of nitrogens with two attached hydrogens (primary N) is 1. The van der Waals surface area contributed by atoms with Gasteiger partial charge in [-0.1, -0.05) is 31.3 Å². The second kappa shape index (κ2) is 8.50. The van der Waals surface area contributed by atoms with Crippen molar-refractivity contribution in [1.82, 2.24) is 10.2 Å². The molecule has 1 rings (SSSR count). The van der Waals surface area contributed by atoms with Crippen molar-refractivity contribution in [2.75, 3.05) is 33.3 Å². The van der Waals surface area contributed by atoms with Gasteiger partial charge in [-0.2, -0.15) is 0 Å². The second-order valence-electron chi connectivity index (χ2n) is 4.39. The lowest BCUT2D eigenvalue weighted by Crippen LogP contribution is -2.35. The van der Waals surface area contributed by atoms with Crippen molar-refractivity contribution in [3.05, 3.63) is 29.8 Å². The van der Waals surface area contributed by atoms with Crippen LogP contribution in [0.3, 0.4) is 0 Å². The Morgan fingerprint density at radius 1 is 1.45 bits per heavy atom. The third-order valence-corrected chi connectivity index (χ3v) is 3.09. The summed E-state index contributed by atoms with van der Waals surface area (Å²) in [6.07, 6.45) is 0. The summed E-state index contributed by atoms with van der Waals surface area (Å²) in [5, 5.41) is 2.80. The summed E-state index contributed by atoms with van der Waals surface area (Å²) in [6, 6.07) is 7.14. The maximum atomic E-state index is 11.6. The summed E-state index contributed by atoms with van der Waals surface area (Å²) in [5.41, 5.74) is 6.23. The molecule has 0 unspecified atom stereocenters. The molecular weight excluding hydrogens is 274 g/mol. The fraction of sp³-hybridized carbons (Fsp3) is 0.429. The zero-order valence-corrected chi connectivity index (χ0v) is 12.7. The Labute approximate surface area is 125 Å². The normalized spacial score (nSPS) is 10.3. The fourth-order valence-electron chi connectivity index (χ4n) is 1.53. The minimum absolute atomic E-state index is 0.0462. The number of para-hydroxylation sites is 1. The van der Waals surface area contributed by atoms with E-state index >= 15 is 0 Å². The molecule has 0 aliphatic carbocycles. The molecule has 0 saturated carbocycles. The van der Waals surface area contributed by atoms with E-state index in [2.05, 4.69) is 17.1 Å². The fourth-order valence-corrected chi connectivity index (χ4v) is 1.70. The average Bonchev–Trinajstić information content (AvgIpc) is 2.45. The van der Waals surface area contributed by atoms with E-state index in [4.69, 9.17) is 22.7 Å². The number of ether oxygens (including phenoxy) is 1. The van der Waals surface area contributed by atoms with Gasteiger partial charge in [-0.05, 0) is 25.7 Å². The molecule has 6 heteroatoms. The van der Waals surface area contributed by atoms with Gasteiger partial charge in [0, 0.05) is 13.1 Å². The number of hydrogen-bond acceptors (Lipinski definition) is 4. The van der Waals surface area contributed by atoms with Crippen molar-refractivity contribution in [2.45, 2.75) is 6.92 Å². The standard InChI is InChI=1S/C14H21N3O2S/c1-3-17(2)9-8-16-13(18)10-19-12-7-5-4-6-11(12)14(15)20/h4-7H,3,8-10H2,1-2H3,(H2,15,20)(H,16,18). The molecule has 0 aliphatic heterocycles. The minimum atomic E-state index is -0.160. The lowest BCUT2D eigenvalue weighted by Gasteiger charge is -2.14. The summed E-state index contributed by atoms with van der Waals surface area (Å²) >= 11 is 4.93. The molecule has 0 saturated heterocycles. The van der Waals surface area contributed by atoms with Crippen molar-refractivity contribution in [3.63, 3.8) is 0 Å². The highest BCUT2D eigenvalue weighted by molar-refractivity contribution is 7.80. The zero-order valence-electron chi connectivity index (χ0n) is 11.9. The minimum Gasteiger partial charge on any atom is -0.483 e. The van der Waals surface area contributed by atoms with Gasteiger partial charge >= 0.3 is 0 Å². The first-order chi connectivity index (χ1) is 9.54. The molecule has 5 nitrogen and oxygen atoms in total. The van der Waals surface area contributed by atoms with Crippen LogP contribution in [0, 0.1) is 0 Å². The van der Waals surface area contributed by atoms with Crippen LogP contribution in [0.2, 0.25) is 0 Å². The van der Waals surface area contributed by atoms with E-state index in [0.717, 1.165) is 13.1 Å². The highest BCUT2D eigenvalue weighted by Gasteiger charge is 2.08. The number of amides is 1. The van der Waals surface area contributed by atoms with Crippen LogP contribution in [-0.2, 0) is 4.79 Å². The number of thiocarbonyl (C=S) groups is 1. The smallest absolute Gasteiger partial charge is 0.257 e. The molecular formula is C14H21N3O2S. The molecule has 0 heterocycles. The summed E-state index contributed by atoms with van der Waals surface area (Å²) in [6.45, 7) is 4.38. The Morgan fingerprint density at radius 3 is 2.80 bits per heavy atom. The van der Waals surface area contributed by atoms with E-state index in [9.17, 15) is 4.79 Å². The molecule has 0 radical (unpaired) electrons. The quantitative estimate of drug-likeness (QED) is 0.693. The maximum Gasteiger partial charge on any atom is 0.257 e. The third-order valence-electron chi connectivity index (χ3n) is 2.87. The van der Waals surface area contributed by atoms with E-state index in [1.165, 1.54) is 0 Å². The third kappa shape index (κ3) is 5.54. The van der Waals surface area contributed by atoms with Crippen LogP contribution in [-0.4, -0.2) is 49.1 Å². The van der Waals surface area contributed by atoms with Crippen LogP contribution in [0.15, 0.2) is 24.3 Å². The molecule has 3 N–H and O–H groups in total. The molecule has 0 fully saturated rings. The number of likely N-dealkylation sites (N-methyl/N-ethyl adjacent to an activating group) is 1. The molecule has 0 aliphatic rings. The Morgan fingerprint density at radius 2 is 2.15 bits per heavy atom. The Balaban J connectivity index is 2.40. The van der Waals surface area contributed by atoms with Crippen molar-refractivity contribution in [1.29, 1.82) is 0 Å². The molecule has 20 heavy (non-hydrogen) atoms. The molecule has 110 valence electrons. The molecule has 1 aromatic rings. The number of rotatable bonds is 8. The lowest BCUT2D eigenvalue weighted by molar-refractivity contribution is -0.123. The predicted molar refractivity (Wildman–Crippen MR) is 84.0 cm³/mol. The maximum absolute atomic E-state index is 11.6. The zero-order chi connectivity index (χ0) is 15.0. The van der Waals surface area contributed by atoms with Crippen LogP contribution in [0.5, 0.6) is 5.75 Å². The number of nitrogens with zero attached hydrogens (tertiary/aromatic N) is 1. The molecule has 0 bridgehead atoms. The first kappa shape index (κ1) is 16.4. The molecule has 1 amide bonds. The highest BCUT2D eigenvalue weighted by Crippen LogP contribution is 2.17. The molecule has 1 aromatic carbocycles. The number of carbonyl (C=O) groups is 1. The van der Waals surface area contributed by atoms with Gasteiger partial charge in [0.15, 0.2) is 6.61 Å². The Kier molecular flexibility index (Phi) is 6.97. The molecule has 0 atom stereocenters. The average molecular weight is 295 g/mol. The van der Waals surface area contributed by atoms with Crippen molar-refractivity contribution in [3.8, 4) is 5.75 Å². The van der Waals surface area contributed by atoms with Gasteiger partial charge in [-0.15, -0.1) is 0 Å². The summed E-state index contributed by atoms with van der Waals surface area (Å²) in [5.74, 6) is 0.369. The summed E-state index contributed by atoms with van der Waals surface area (Å²) in [4.78, 5) is 14.0. The van der Waals surface area contributed by atoms with Gasteiger partial charge in [0.25, 0.3) is 5.91 Å². The molecule has 0 aromatic heterocycles. The van der Waals surface area contributed by atoms with Crippen molar-refractivity contribution < 1.29 is 9.53 Å². The van der Waals surface area contributed by atoms with Crippen LogP contribution in [0.1, 0.15) is 12.5 Å². The molecule has 0 spiro atoms. The first-order valence-corrected chi connectivity index (χ1v) is 6.92. The van der Waals surface area contributed by atoms with Crippen LogP contribution < -0.4 is 15.8 Å². The first-order valence-electron chi connectivity index (χ1n) is 6.51.